The second-order valence-corrected chi connectivity index (χ2v) is 4.59. The summed E-state index contributed by atoms with van der Waals surface area (Å²) >= 11 is 0. The van der Waals surface area contributed by atoms with Crippen molar-refractivity contribution in [1.82, 2.24) is 14.7 Å². The van der Waals surface area contributed by atoms with Gasteiger partial charge >= 0.3 is 0 Å². The SMILES string of the molecule is CC(N)C(C)C(=O)NCc1ccn2ccnc2c1. The Balaban J connectivity index is 1.99. The van der Waals surface area contributed by atoms with Crippen molar-refractivity contribution in [3.8, 4) is 0 Å². The minimum Gasteiger partial charge on any atom is -0.352 e. The first-order valence-electron chi connectivity index (χ1n) is 6.03. The Morgan fingerprint density at radius 3 is 3.00 bits per heavy atom. The van der Waals surface area contributed by atoms with Crippen LogP contribution in [0.3, 0.4) is 0 Å². The van der Waals surface area contributed by atoms with Gasteiger partial charge in [0.05, 0.1) is 0 Å². The number of nitrogens with two attached hydrogens (primary N) is 1. The lowest BCUT2D eigenvalue weighted by Gasteiger charge is -2.15. The van der Waals surface area contributed by atoms with Crippen LogP contribution >= 0.6 is 0 Å². The lowest BCUT2D eigenvalue weighted by Crippen LogP contribution is -2.38. The van der Waals surface area contributed by atoms with E-state index in [-0.39, 0.29) is 17.9 Å². The van der Waals surface area contributed by atoms with E-state index in [2.05, 4.69) is 10.3 Å². The molecule has 18 heavy (non-hydrogen) atoms. The Bertz CT molecular complexity index is 547. The van der Waals surface area contributed by atoms with Crippen molar-refractivity contribution >= 4 is 11.6 Å². The molecule has 2 heterocycles. The molecule has 0 bridgehead atoms. The summed E-state index contributed by atoms with van der Waals surface area (Å²) in [4.78, 5) is 16.0. The summed E-state index contributed by atoms with van der Waals surface area (Å²) in [5.41, 5.74) is 7.60. The standard InChI is InChI=1S/C13H18N4O/c1-9(10(2)14)13(18)16-8-11-3-5-17-6-4-15-12(17)7-11/h3-7,9-10H,8,14H2,1-2H3,(H,16,18). The van der Waals surface area contributed by atoms with Crippen molar-refractivity contribution in [1.29, 1.82) is 0 Å². The molecule has 2 aromatic heterocycles. The predicted octanol–water partition coefficient (Wildman–Crippen LogP) is 0.934. The number of carbonyl (C=O) groups excluding carboxylic acids is 1. The molecule has 5 heteroatoms. The van der Waals surface area contributed by atoms with Crippen LogP contribution in [0.1, 0.15) is 19.4 Å². The van der Waals surface area contributed by atoms with E-state index in [4.69, 9.17) is 5.73 Å². The number of pyridine rings is 1. The van der Waals surface area contributed by atoms with Gasteiger partial charge in [0, 0.05) is 37.1 Å². The van der Waals surface area contributed by atoms with Crippen molar-refractivity contribution in [3.63, 3.8) is 0 Å². The van der Waals surface area contributed by atoms with Crippen LogP contribution in [0.4, 0.5) is 0 Å². The van der Waals surface area contributed by atoms with Gasteiger partial charge in [0.1, 0.15) is 5.65 Å². The van der Waals surface area contributed by atoms with Gasteiger partial charge < -0.3 is 15.5 Å². The first-order chi connectivity index (χ1) is 8.58. The van der Waals surface area contributed by atoms with Gasteiger partial charge in [0.2, 0.25) is 5.91 Å². The number of rotatable bonds is 4. The third-order valence-corrected chi connectivity index (χ3v) is 3.13. The second kappa shape index (κ2) is 5.18. The number of nitrogens with one attached hydrogen (secondary N) is 1. The van der Waals surface area contributed by atoms with Crippen LogP contribution < -0.4 is 11.1 Å². The Labute approximate surface area is 106 Å². The second-order valence-electron chi connectivity index (χ2n) is 4.59. The minimum absolute atomic E-state index is 0.0202. The molecule has 0 fully saturated rings. The van der Waals surface area contributed by atoms with Crippen LogP contribution in [0, 0.1) is 5.92 Å². The highest BCUT2D eigenvalue weighted by molar-refractivity contribution is 5.78. The van der Waals surface area contributed by atoms with Gasteiger partial charge in [-0.2, -0.15) is 0 Å². The number of carbonyl (C=O) groups is 1. The highest BCUT2D eigenvalue weighted by Gasteiger charge is 2.16. The quantitative estimate of drug-likeness (QED) is 0.843. The predicted molar refractivity (Wildman–Crippen MR) is 69.9 cm³/mol. The molecule has 0 aliphatic rings. The van der Waals surface area contributed by atoms with E-state index < -0.39 is 0 Å². The van der Waals surface area contributed by atoms with Gasteiger partial charge in [-0.15, -0.1) is 0 Å². The van der Waals surface area contributed by atoms with Crippen molar-refractivity contribution in [3.05, 3.63) is 36.3 Å². The van der Waals surface area contributed by atoms with E-state index in [0.29, 0.717) is 6.54 Å². The van der Waals surface area contributed by atoms with Gasteiger partial charge in [0.15, 0.2) is 0 Å². The van der Waals surface area contributed by atoms with E-state index in [1.54, 1.807) is 6.20 Å². The summed E-state index contributed by atoms with van der Waals surface area (Å²) in [5, 5.41) is 2.88. The van der Waals surface area contributed by atoms with Crippen molar-refractivity contribution < 1.29 is 4.79 Å². The van der Waals surface area contributed by atoms with Crippen LogP contribution in [0.2, 0.25) is 0 Å². The number of fused-ring (bicyclic) bond motifs is 1. The maximum Gasteiger partial charge on any atom is 0.224 e. The molecule has 2 unspecified atom stereocenters. The molecule has 0 aromatic carbocycles. The van der Waals surface area contributed by atoms with Crippen molar-refractivity contribution in [2.75, 3.05) is 0 Å². The van der Waals surface area contributed by atoms with Crippen LogP contribution in [0.5, 0.6) is 0 Å². The number of hydrogen-bond donors (Lipinski definition) is 2. The molecule has 0 saturated heterocycles. The molecule has 3 N–H and O–H groups in total. The first-order valence-corrected chi connectivity index (χ1v) is 6.03. The van der Waals surface area contributed by atoms with Gasteiger partial charge in [-0.05, 0) is 24.6 Å². The Morgan fingerprint density at radius 2 is 2.28 bits per heavy atom. The number of amides is 1. The van der Waals surface area contributed by atoms with E-state index >= 15 is 0 Å². The van der Waals surface area contributed by atoms with Gasteiger partial charge in [-0.25, -0.2) is 4.98 Å². The molecule has 0 saturated carbocycles. The maximum absolute atomic E-state index is 11.8. The Morgan fingerprint density at radius 1 is 1.50 bits per heavy atom. The Hall–Kier alpha value is -1.88. The van der Waals surface area contributed by atoms with E-state index in [1.807, 2.05) is 42.8 Å². The summed E-state index contributed by atoms with van der Waals surface area (Å²) < 4.78 is 1.93. The highest BCUT2D eigenvalue weighted by atomic mass is 16.1. The van der Waals surface area contributed by atoms with Crippen LogP contribution in [-0.2, 0) is 11.3 Å². The van der Waals surface area contributed by atoms with E-state index in [0.717, 1.165) is 11.2 Å². The molecule has 5 nitrogen and oxygen atoms in total. The average Bonchev–Trinajstić information content (AvgIpc) is 2.82. The summed E-state index contributed by atoms with van der Waals surface area (Å²) in [5.74, 6) is -0.201. The zero-order valence-electron chi connectivity index (χ0n) is 10.6. The molecule has 0 aliphatic carbocycles. The smallest absolute Gasteiger partial charge is 0.224 e. The van der Waals surface area contributed by atoms with E-state index in [9.17, 15) is 4.79 Å². The summed E-state index contributed by atoms with van der Waals surface area (Å²) in [6, 6.07) is 3.78. The van der Waals surface area contributed by atoms with E-state index in [1.165, 1.54) is 0 Å². The fourth-order valence-corrected chi connectivity index (χ4v) is 1.65. The summed E-state index contributed by atoms with van der Waals surface area (Å²) in [7, 11) is 0. The molecule has 2 aromatic rings. The fraction of sp³-hybridized carbons (Fsp3) is 0.385. The third kappa shape index (κ3) is 2.68. The lowest BCUT2D eigenvalue weighted by molar-refractivity contribution is -0.125. The lowest BCUT2D eigenvalue weighted by atomic mass is 10.0. The van der Waals surface area contributed by atoms with Gasteiger partial charge in [-0.1, -0.05) is 6.92 Å². The average molecular weight is 246 g/mol. The molecular weight excluding hydrogens is 228 g/mol. The molecule has 1 amide bonds. The highest BCUT2D eigenvalue weighted by Crippen LogP contribution is 2.06. The van der Waals surface area contributed by atoms with Crippen molar-refractivity contribution in [2.24, 2.45) is 11.7 Å². The molecular formula is C13H18N4O. The largest absolute Gasteiger partial charge is 0.352 e. The topological polar surface area (TPSA) is 72.4 Å². The van der Waals surface area contributed by atoms with Gasteiger partial charge in [-0.3, -0.25) is 4.79 Å². The van der Waals surface area contributed by atoms with Gasteiger partial charge in [0.25, 0.3) is 0 Å². The third-order valence-electron chi connectivity index (χ3n) is 3.13. The molecule has 2 atom stereocenters. The molecule has 0 radical (unpaired) electrons. The Kier molecular flexibility index (Phi) is 3.62. The number of hydrogen-bond acceptors (Lipinski definition) is 3. The molecule has 2 rings (SSSR count). The monoisotopic (exact) mass is 246 g/mol. The number of nitrogens with zero attached hydrogens (tertiary/aromatic N) is 2. The van der Waals surface area contributed by atoms with Crippen LogP contribution in [0.15, 0.2) is 30.7 Å². The first kappa shape index (κ1) is 12.6. The zero-order valence-corrected chi connectivity index (χ0v) is 10.6. The number of imidazole rings is 1. The minimum atomic E-state index is -0.180. The number of aromatic nitrogens is 2. The summed E-state index contributed by atoms with van der Waals surface area (Å²) in [6.07, 6.45) is 5.56. The fourth-order valence-electron chi connectivity index (χ4n) is 1.65. The van der Waals surface area contributed by atoms with Crippen molar-refractivity contribution in [2.45, 2.75) is 26.4 Å². The zero-order chi connectivity index (χ0) is 13.1. The maximum atomic E-state index is 11.8. The molecule has 0 aliphatic heterocycles. The normalized spacial score (nSPS) is 14.4. The van der Waals surface area contributed by atoms with Crippen LogP contribution in [-0.4, -0.2) is 21.3 Å². The van der Waals surface area contributed by atoms with Crippen LogP contribution in [0.25, 0.3) is 5.65 Å². The molecule has 96 valence electrons. The summed E-state index contributed by atoms with van der Waals surface area (Å²) in [6.45, 7) is 4.16. The molecule has 0 spiro atoms.